The van der Waals surface area contributed by atoms with Gasteiger partial charge in [-0.3, -0.25) is 0 Å². The summed E-state index contributed by atoms with van der Waals surface area (Å²) in [5.74, 6) is 0.558. The van der Waals surface area contributed by atoms with Crippen LogP contribution in [0.25, 0.3) is 10.2 Å². The van der Waals surface area contributed by atoms with Crippen LogP contribution in [0.2, 0.25) is 0 Å². The maximum absolute atomic E-state index is 12.2. The summed E-state index contributed by atoms with van der Waals surface area (Å²) in [7, 11) is 2.07. The zero-order chi connectivity index (χ0) is 15.5. The summed E-state index contributed by atoms with van der Waals surface area (Å²) in [6.45, 7) is 2.19. The Bertz CT molecular complexity index is 664. The van der Waals surface area contributed by atoms with Gasteiger partial charge in [-0.1, -0.05) is 19.3 Å². The van der Waals surface area contributed by atoms with Gasteiger partial charge in [0.2, 0.25) is 0 Å². The van der Waals surface area contributed by atoms with E-state index in [2.05, 4.69) is 21.9 Å². The van der Waals surface area contributed by atoms with E-state index >= 15 is 0 Å². The summed E-state index contributed by atoms with van der Waals surface area (Å²) in [5, 5.41) is 2.66. The largest absolute Gasteiger partial charge is 0.462 e. The molecule has 1 fully saturated rings. The average Bonchev–Trinajstić information content (AvgIpc) is 2.99. The number of carbonyl (C=O) groups is 1. The van der Waals surface area contributed by atoms with Crippen molar-refractivity contribution < 1.29 is 9.53 Å². The van der Waals surface area contributed by atoms with Gasteiger partial charge in [0.25, 0.3) is 0 Å². The molecule has 2 aromatic heterocycles. The van der Waals surface area contributed by atoms with Crippen LogP contribution in [0.15, 0.2) is 11.7 Å². The van der Waals surface area contributed by atoms with Crippen molar-refractivity contribution in [2.24, 2.45) is 0 Å². The third-order valence-electron chi connectivity index (χ3n) is 4.30. The van der Waals surface area contributed by atoms with Crippen LogP contribution in [-0.2, 0) is 4.74 Å². The molecule has 0 spiro atoms. The lowest BCUT2D eigenvalue weighted by molar-refractivity contribution is 0.0529. The number of aromatic nitrogens is 2. The van der Waals surface area contributed by atoms with Gasteiger partial charge < -0.3 is 9.64 Å². The highest BCUT2D eigenvalue weighted by Crippen LogP contribution is 2.34. The van der Waals surface area contributed by atoms with Crippen LogP contribution in [0, 0.1) is 0 Å². The molecule has 3 rings (SSSR count). The minimum atomic E-state index is -0.290. The maximum atomic E-state index is 12.2. The zero-order valence-corrected chi connectivity index (χ0v) is 13.9. The molecule has 0 unspecified atom stereocenters. The second-order valence-corrected chi connectivity index (χ2v) is 6.51. The van der Waals surface area contributed by atoms with Gasteiger partial charge in [0.1, 0.15) is 17.0 Å². The molecule has 2 heterocycles. The molecule has 0 atom stereocenters. The van der Waals surface area contributed by atoms with Crippen molar-refractivity contribution >= 4 is 33.3 Å². The van der Waals surface area contributed by atoms with Crippen molar-refractivity contribution in [3.63, 3.8) is 0 Å². The Morgan fingerprint density at radius 1 is 1.36 bits per heavy atom. The van der Waals surface area contributed by atoms with E-state index < -0.39 is 0 Å². The molecule has 118 valence electrons. The summed E-state index contributed by atoms with van der Waals surface area (Å²) in [4.78, 5) is 24.0. The summed E-state index contributed by atoms with van der Waals surface area (Å²) in [6, 6.07) is 0.488. The predicted molar refractivity (Wildman–Crippen MR) is 88.6 cm³/mol. The van der Waals surface area contributed by atoms with E-state index in [1.807, 2.05) is 12.3 Å². The van der Waals surface area contributed by atoms with Crippen molar-refractivity contribution in [2.75, 3.05) is 18.6 Å². The number of ether oxygens (including phenoxy) is 1. The van der Waals surface area contributed by atoms with Gasteiger partial charge >= 0.3 is 5.97 Å². The number of carbonyl (C=O) groups excluding carboxylic acids is 1. The molecule has 0 aromatic carbocycles. The Labute approximate surface area is 134 Å². The average molecular weight is 319 g/mol. The van der Waals surface area contributed by atoms with Crippen molar-refractivity contribution in [1.82, 2.24) is 9.97 Å². The third kappa shape index (κ3) is 2.79. The fourth-order valence-corrected chi connectivity index (χ4v) is 4.00. The second-order valence-electron chi connectivity index (χ2n) is 5.65. The minimum Gasteiger partial charge on any atom is -0.462 e. The maximum Gasteiger partial charge on any atom is 0.339 e. The first-order chi connectivity index (χ1) is 10.7. The highest BCUT2D eigenvalue weighted by Gasteiger charge is 2.24. The number of hydrogen-bond donors (Lipinski definition) is 0. The molecule has 0 bridgehead atoms. The first-order valence-electron chi connectivity index (χ1n) is 7.84. The van der Waals surface area contributed by atoms with E-state index in [4.69, 9.17) is 4.74 Å². The van der Waals surface area contributed by atoms with Crippen molar-refractivity contribution in [3.8, 4) is 0 Å². The lowest BCUT2D eigenvalue weighted by Gasteiger charge is -2.32. The number of hydrogen-bond acceptors (Lipinski definition) is 6. The van der Waals surface area contributed by atoms with E-state index in [1.165, 1.54) is 43.4 Å². The van der Waals surface area contributed by atoms with Crippen LogP contribution in [0.5, 0.6) is 0 Å². The molecule has 0 N–H and O–H groups in total. The van der Waals surface area contributed by atoms with Crippen molar-refractivity contribution in [2.45, 2.75) is 45.1 Å². The molecule has 1 saturated carbocycles. The molecular weight excluding hydrogens is 298 g/mol. The number of esters is 1. The van der Waals surface area contributed by atoms with Gasteiger partial charge in [-0.05, 0) is 19.8 Å². The molecular formula is C16H21N3O2S. The molecule has 0 radical (unpaired) electrons. The Morgan fingerprint density at radius 3 is 2.86 bits per heavy atom. The smallest absolute Gasteiger partial charge is 0.339 e. The van der Waals surface area contributed by atoms with Gasteiger partial charge in [0.15, 0.2) is 0 Å². The Balaban J connectivity index is 2.01. The van der Waals surface area contributed by atoms with Crippen LogP contribution in [0.4, 0.5) is 5.82 Å². The number of nitrogens with zero attached hydrogens (tertiary/aromatic N) is 3. The van der Waals surface area contributed by atoms with Crippen molar-refractivity contribution in [1.29, 1.82) is 0 Å². The minimum absolute atomic E-state index is 0.290. The van der Waals surface area contributed by atoms with Gasteiger partial charge in [0, 0.05) is 18.5 Å². The fourth-order valence-electron chi connectivity index (χ4n) is 3.13. The summed E-state index contributed by atoms with van der Waals surface area (Å²) < 4.78 is 5.17. The number of thiophene rings is 1. The monoisotopic (exact) mass is 319 g/mol. The fraction of sp³-hybridized carbons (Fsp3) is 0.562. The summed E-state index contributed by atoms with van der Waals surface area (Å²) >= 11 is 1.47. The highest BCUT2D eigenvalue weighted by molar-refractivity contribution is 7.17. The molecule has 1 aliphatic rings. The molecule has 0 amide bonds. The molecule has 1 aliphatic carbocycles. The standard InChI is InChI=1S/C16H21N3O2S/c1-3-21-16(20)12-9-22-15-13(12)14(17-10-18-15)19(2)11-7-5-4-6-8-11/h9-11H,3-8H2,1-2H3. The van der Waals surface area contributed by atoms with Crippen molar-refractivity contribution in [3.05, 3.63) is 17.3 Å². The highest BCUT2D eigenvalue weighted by atomic mass is 32.1. The van der Waals surface area contributed by atoms with Gasteiger partial charge in [-0.25, -0.2) is 14.8 Å². The van der Waals surface area contributed by atoms with Crippen LogP contribution in [0.1, 0.15) is 49.4 Å². The first-order valence-corrected chi connectivity index (χ1v) is 8.72. The first kappa shape index (κ1) is 15.2. The van der Waals surface area contributed by atoms with Gasteiger partial charge in [0.05, 0.1) is 17.6 Å². The number of fused-ring (bicyclic) bond motifs is 1. The summed E-state index contributed by atoms with van der Waals surface area (Å²) in [5.41, 5.74) is 0.583. The summed E-state index contributed by atoms with van der Waals surface area (Å²) in [6.07, 6.45) is 7.79. The lowest BCUT2D eigenvalue weighted by atomic mass is 9.94. The van der Waals surface area contributed by atoms with E-state index in [0.29, 0.717) is 18.2 Å². The van der Waals surface area contributed by atoms with E-state index in [1.54, 1.807) is 6.33 Å². The Kier molecular flexibility index (Phi) is 4.57. The SMILES string of the molecule is CCOC(=O)c1csc2ncnc(N(C)C3CCCCC3)c12. The molecule has 2 aromatic rings. The zero-order valence-electron chi connectivity index (χ0n) is 13.0. The molecule has 22 heavy (non-hydrogen) atoms. The Morgan fingerprint density at radius 2 is 2.14 bits per heavy atom. The topological polar surface area (TPSA) is 55.3 Å². The number of rotatable bonds is 4. The molecule has 0 saturated heterocycles. The second kappa shape index (κ2) is 6.60. The predicted octanol–water partition coefficient (Wildman–Crippen LogP) is 3.64. The lowest BCUT2D eigenvalue weighted by Crippen LogP contribution is -2.34. The van der Waals surface area contributed by atoms with E-state index in [9.17, 15) is 4.79 Å². The normalized spacial score (nSPS) is 15.9. The van der Waals surface area contributed by atoms with Crippen LogP contribution in [-0.4, -0.2) is 35.6 Å². The third-order valence-corrected chi connectivity index (χ3v) is 5.19. The van der Waals surface area contributed by atoms with E-state index in [-0.39, 0.29) is 5.97 Å². The van der Waals surface area contributed by atoms with E-state index in [0.717, 1.165) is 16.0 Å². The van der Waals surface area contributed by atoms with Crippen LogP contribution >= 0.6 is 11.3 Å². The number of anilines is 1. The van der Waals surface area contributed by atoms with Gasteiger partial charge in [-0.2, -0.15) is 0 Å². The molecule has 0 aliphatic heterocycles. The molecule has 5 nitrogen and oxygen atoms in total. The Hall–Kier alpha value is -1.69. The van der Waals surface area contributed by atoms with Crippen LogP contribution in [0.3, 0.4) is 0 Å². The quantitative estimate of drug-likeness (QED) is 0.805. The molecule has 6 heteroatoms. The van der Waals surface area contributed by atoms with Gasteiger partial charge in [-0.15, -0.1) is 11.3 Å². The van der Waals surface area contributed by atoms with Crippen LogP contribution < -0.4 is 4.90 Å².